The van der Waals surface area contributed by atoms with Gasteiger partial charge in [0.15, 0.2) is 6.04 Å². The molecule has 0 saturated heterocycles. The molecule has 0 fully saturated rings. The number of hydrogen-bond acceptors (Lipinski definition) is 5. The summed E-state index contributed by atoms with van der Waals surface area (Å²) in [5.74, 6) is -0.937. The van der Waals surface area contributed by atoms with Crippen molar-refractivity contribution in [2.24, 2.45) is 0 Å². The van der Waals surface area contributed by atoms with Gasteiger partial charge < -0.3 is 10.1 Å². The van der Waals surface area contributed by atoms with Gasteiger partial charge in [0.05, 0.1) is 23.9 Å². The monoisotopic (exact) mass is 487 g/mol. The van der Waals surface area contributed by atoms with Crippen LogP contribution in [-0.2, 0) is 16.0 Å². The van der Waals surface area contributed by atoms with Crippen molar-refractivity contribution in [1.29, 1.82) is 0 Å². The average molecular weight is 488 g/mol. The number of ether oxygens (including phenoxy) is 1. The number of benzene rings is 3. The number of rotatable bonds is 7. The van der Waals surface area contributed by atoms with E-state index < -0.39 is 12.0 Å². The number of nitrogens with zero attached hydrogens (tertiary/aromatic N) is 2. The lowest BCUT2D eigenvalue weighted by Crippen LogP contribution is -2.35. The lowest BCUT2D eigenvalue weighted by Gasteiger charge is -2.21. The summed E-state index contributed by atoms with van der Waals surface area (Å²) in [5, 5.41) is 3.63. The molecule has 37 heavy (non-hydrogen) atoms. The Balaban J connectivity index is 1.71. The van der Waals surface area contributed by atoms with Crippen LogP contribution in [0.15, 0.2) is 109 Å². The van der Waals surface area contributed by atoms with E-state index in [2.05, 4.69) is 10.3 Å². The van der Waals surface area contributed by atoms with Crippen LogP contribution in [0.4, 0.5) is 0 Å². The minimum atomic E-state index is -0.964. The Bertz CT molecular complexity index is 1540. The fourth-order valence-electron chi connectivity index (χ4n) is 4.45. The highest BCUT2D eigenvalue weighted by molar-refractivity contribution is 6.10. The van der Waals surface area contributed by atoms with Crippen LogP contribution < -0.4 is 5.32 Å². The molecule has 2 heterocycles. The molecule has 1 atom stereocenters. The molecule has 6 nitrogen and oxygen atoms in total. The quantitative estimate of drug-likeness (QED) is 0.305. The van der Waals surface area contributed by atoms with Gasteiger partial charge in [-0.2, -0.15) is 0 Å². The number of aromatic nitrogens is 2. The van der Waals surface area contributed by atoms with Crippen LogP contribution in [-0.4, -0.2) is 29.0 Å². The smallest absolute Gasteiger partial charge is 0.333 e. The van der Waals surface area contributed by atoms with Gasteiger partial charge in [0.25, 0.3) is 5.91 Å². The van der Waals surface area contributed by atoms with Crippen LogP contribution >= 0.6 is 0 Å². The second-order valence-electron chi connectivity index (χ2n) is 8.54. The van der Waals surface area contributed by atoms with E-state index >= 15 is 0 Å². The first-order valence-electron chi connectivity index (χ1n) is 12.0. The van der Waals surface area contributed by atoms with Crippen molar-refractivity contribution in [1.82, 2.24) is 15.3 Å². The highest BCUT2D eigenvalue weighted by Gasteiger charge is 2.28. The molecule has 0 aliphatic rings. The van der Waals surface area contributed by atoms with Crippen molar-refractivity contribution in [3.63, 3.8) is 0 Å². The van der Waals surface area contributed by atoms with Crippen LogP contribution in [0.25, 0.3) is 22.2 Å². The third-order valence-corrected chi connectivity index (χ3v) is 6.20. The summed E-state index contributed by atoms with van der Waals surface area (Å²) in [7, 11) is 1.31. The summed E-state index contributed by atoms with van der Waals surface area (Å²) in [6.07, 6.45) is 2.12. The van der Waals surface area contributed by atoms with Gasteiger partial charge in [0.2, 0.25) is 0 Å². The Labute approximate surface area is 215 Å². The molecule has 5 rings (SSSR count). The van der Waals surface area contributed by atoms with Crippen LogP contribution in [0, 0.1) is 0 Å². The van der Waals surface area contributed by atoms with E-state index in [4.69, 9.17) is 9.72 Å². The highest BCUT2D eigenvalue weighted by Crippen LogP contribution is 2.32. The first kappa shape index (κ1) is 23.9. The van der Waals surface area contributed by atoms with E-state index in [0.29, 0.717) is 34.1 Å². The summed E-state index contributed by atoms with van der Waals surface area (Å²) < 4.78 is 5.03. The summed E-state index contributed by atoms with van der Waals surface area (Å²) in [6, 6.07) is 31.1. The predicted molar refractivity (Wildman–Crippen MR) is 143 cm³/mol. The van der Waals surface area contributed by atoms with E-state index in [0.717, 1.165) is 16.8 Å². The van der Waals surface area contributed by atoms with Crippen LogP contribution in [0.1, 0.15) is 33.2 Å². The van der Waals surface area contributed by atoms with Crippen molar-refractivity contribution < 1.29 is 14.3 Å². The van der Waals surface area contributed by atoms with Crippen molar-refractivity contribution in [2.75, 3.05) is 7.11 Å². The van der Waals surface area contributed by atoms with Gasteiger partial charge in [0, 0.05) is 29.3 Å². The summed E-state index contributed by atoms with van der Waals surface area (Å²) in [5.41, 5.74) is 4.91. The fraction of sp³-hybridized carbons (Fsp3) is 0.0968. The second-order valence-corrected chi connectivity index (χ2v) is 8.54. The van der Waals surface area contributed by atoms with Gasteiger partial charge in [-0.3, -0.25) is 9.78 Å². The molecular weight excluding hydrogens is 462 g/mol. The fourth-order valence-corrected chi connectivity index (χ4v) is 4.45. The Morgan fingerprint density at radius 1 is 0.838 bits per heavy atom. The number of fused-ring (bicyclic) bond motifs is 1. The topological polar surface area (TPSA) is 81.2 Å². The first-order chi connectivity index (χ1) is 18.2. The Hall–Kier alpha value is -4.84. The number of amides is 1. The van der Waals surface area contributed by atoms with Gasteiger partial charge in [-0.1, -0.05) is 84.9 Å². The molecule has 6 heteroatoms. The minimum Gasteiger partial charge on any atom is -0.467 e. The number of para-hydroxylation sites is 1. The number of pyridine rings is 2. The van der Waals surface area contributed by atoms with Crippen LogP contribution in [0.3, 0.4) is 0 Å². The molecule has 3 aromatic carbocycles. The van der Waals surface area contributed by atoms with Crippen molar-refractivity contribution in [2.45, 2.75) is 12.5 Å². The maximum atomic E-state index is 14.1. The molecule has 1 N–H and O–H groups in total. The van der Waals surface area contributed by atoms with Crippen LogP contribution in [0.2, 0.25) is 0 Å². The SMILES string of the molecule is COC(=O)C(NC(=O)c1c(Cc2ccccn2)c(-c2ccccc2)nc2ccccc12)c1ccccc1. The lowest BCUT2D eigenvalue weighted by atomic mass is 9.92. The molecule has 0 saturated carbocycles. The van der Waals surface area contributed by atoms with Gasteiger partial charge >= 0.3 is 5.97 Å². The van der Waals surface area contributed by atoms with Gasteiger partial charge in [-0.25, -0.2) is 9.78 Å². The number of nitrogens with one attached hydrogen (secondary N) is 1. The van der Waals surface area contributed by atoms with Crippen molar-refractivity contribution >= 4 is 22.8 Å². The zero-order valence-corrected chi connectivity index (χ0v) is 20.3. The van der Waals surface area contributed by atoms with Crippen molar-refractivity contribution in [3.8, 4) is 11.3 Å². The highest BCUT2D eigenvalue weighted by atomic mass is 16.5. The van der Waals surface area contributed by atoms with E-state index in [1.54, 1.807) is 18.3 Å². The maximum Gasteiger partial charge on any atom is 0.333 e. The summed E-state index contributed by atoms with van der Waals surface area (Å²) >= 11 is 0. The van der Waals surface area contributed by atoms with E-state index in [1.165, 1.54) is 7.11 Å². The van der Waals surface area contributed by atoms with E-state index in [-0.39, 0.29) is 5.91 Å². The molecule has 1 amide bonds. The average Bonchev–Trinajstić information content (AvgIpc) is 2.96. The molecule has 182 valence electrons. The second kappa shape index (κ2) is 10.8. The zero-order chi connectivity index (χ0) is 25.6. The maximum absolute atomic E-state index is 14.1. The van der Waals surface area contributed by atoms with Crippen molar-refractivity contribution in [3.05, 3.63) is 132 Å². The standard InChI is InChI=1S/C31H25N3O3/c1-37-31(36)29(22-14-6-3-7-15-22)34-30(35)27-24-17-8-9-18-26(24)33-28(21-12-4-2-5-13-21)25(27)20-23-16-10-11-19-32-23/h2-19,29H,20H2,1H3,(H,34,35). The van der Waals surface area contributed by atoms with Gasteiger partial charge in [0.1, 0.15) is 0 Å². The normalized spacial score (nSPS) is 11.6. The molecule has 0 spiro atoms. The van der Waals surface area contributed by atoms with Gasteiger partial charge in [-0.15, -0.1) is 0 Å². The predicted octanol–water partition coefficient (Wildman–Crippen LogP) is 5.53. The van der Waals surface area contributed by atoms with E-state index in [1.807, 2.05) is 91.0 Å². The molecule has 5 aromatic rings. The lowest BCUT2D eigenvalue weighted by molar-refractivity contribution is -0.143. The molecule has 2 aromatic heterocycles. The number of hydrogen-bond donors (Lipinski definition) is 1. The number of carbonyl (C=O) groups is 2. The molecule has 0 aliphatic carbocycles. The Kier molecular flexibility index (Phi) is 6.99. The third kappa shape index (κ3) is 5.09. The van der Waals surface area contributed by atoms with Crippen LogP contribution in [0.5, 0.6) is 0 Å². The summed E-state index contributed by atoms with van der Waals surface area (Å²) in [4.78, 5) is 36.3. The third-order valence-electron chi connectivity index (χ3n) is 6.20. The number of methoxy groups -OCH3 is 1. The molecular formula is C31H25N3O3. The molecule has 0 aliphatic heterocycles. The van der Waals surface area contributed by atoms with Gasteiger partial charge in [-0.05, 0) is 29.3 Å². The Morgan fingerprint density at radius 2 is 1.51 bits per heavy atom. The van der Waals surface area contributed by atoms with E-state index in [9.17, 15) is 9.59 Å². The first-order valence-corrected chi connectivity index (χ1v) is 12.0. The minimum absolute atomic E-state index is 0.388. The zero-order valence-electron chi connectivity index (χ0n) is 20.3. The molecule has 0 radical (unpaired) electrons. The Morgan fingerprint density at radius 3 is 2.22 bits per heavy atom. The summed E-state index contributed by atoms with van der Waals surface area (Å²) in [6.45, 7) is 0. The number of esters is 1. The molecule has 0 bridgehead atoms. The largest absolute Gasteiger partial charge is 0.467 e. The molecule has 1 unspecified atom stereocenters. The number of carbonyl (C=O) groups excluding carboxylic acids is 2.